The lowest BCUT2D eigenvalue weighted by molar-refractivity contribution is -0.120. The summed E-state index contributed by atoms with van der Waals surface area (Å²) in [6.07, 6.45) is 0. The van der Waals surface area contributed by atoms with E-state index in [1.165, 1.54) is 16.4 Å². The van der Waals surface area contributed by atoms with Gasteiger partial charge in [-0.2, -0.15) is 0 Å². The summed E-state index contributed by atoms with van der Waals surface area (Å²) >= 11 is 0. The number of hydrogen-bond acceptors (Lipinski definition) is 4. The van der Waals surface area contributed by atoms with Gasteiger partial charge in [0.1, 0.15) is 12.3 Å². The van der Waals surface area contributed by atoms with Crippen LogP contribution in [0.1, 0.15) is 29.7 Å². The standard InChI is InChI=1S/C25H28N2O4S/c1-18-10-15-24(19(2)16-18)27(32(29,30)23-8-6-5-7-9-23)17-25(28)26-20(3)21-11-13-22(31-4)14-12-21/h5-16,20H,17H2,1-4H3,(H,26,28)/t20-/m1/s1. The third kappa shape index (κ3) is 5.29. The number of methoxy groups -OCH3 is 1. The number of aryl methyl sites for hydroxylation is 2. The first-order valence-corrected chi connectivity index (χ1v) is 11.7. The van der Waals surface area contributed by atoms with Crippen LogP contribution in [0.4, 0.5) is 5.69 Å². The number of ether oxygens (including phenoxy) is 1. The maximum absolute atomic E-state index is 13.5. The molecule has 6 nitrogen and oxygen atoms in total. The van der Waals surface area contributed by atoms with Crippen LogP contribution < -0.4 is 14.4 Å². The minimum Gasteiger partial charge on any atom is -0.497 e. The van der Waals surface area contributed by atoms with E-state index in [2.05, 4.69) is 5.32 Å². The highest BCUT2D eigenvalue weighted by atomic mass is 32.2. The Balaban J connectivity index is 1.89. The second-order valence-corrected chi connectivity index (χ2v) is 9.54. The van der Waals surface area contributed by atoms with E-state index in [0.29, 0.717) is 5.69 Å². The Kier molecular flexibility index (Phi) is 7.20. The zero-order valence-electron chi connectivity index (χ0n) is 18.7. The molecule has 3 rings (SSSR count). The average Bonchev–Trinajstić information content (AvgIpc) is 2.78. The molecule has 0 heterocycles. The first-order valence-electron chi connectivity index (χ1n) is 10.3. The van der Waals surface area contributed by atoms with Gasteiger partial charge in [0.2, 0.25) is 5.91 Å². The molecule has 1 amide bonds. The maximum atomic E-state index is 13.5. The lowest BCUT2D eigenvalue weighted by Gasteiger charge is -2.26. The Bertz CT molecular complexity index is 1180. The molecule has 0 radical (unpaired) electrons. The number of anilines is 1. The molecular formula is C25H28N2O4S. The van der Waals surface area contributed by atoms with Crippen LogP contribution in [0.5, 0.6) is 5.75 Å². The number of carbonyl (C=O) groups is 1. The molecule has 0 aromatic heterocycles. The molecule has 0 saturated heterocycles. The molecule has 3 aromatic carbocycles. The number of benzene rings is 3. The van der Waals surface area contributed by atoms with Crippen molar-refractivity contribution >= 4 is 21.6 Å². The average molecular weight is 453 g/mol. The van der Waals surface area contributed by atoms with Gasteiger partial charge in [0, 0.05) is 0 Å². The molecule has 168 valence electrons. The van der Waals surface area contributed by atoms with Crippen molar-refractivity contribution in [2.75, 3.05) is 18.0 Å². The third-order valence-electron chi connectivity index (χ3n) is 5.23. The number of nitrogens with zero attached hydrogens (tertiary/aromatic N) is 1. The van der Waals surface area contributed by atoms with Crippen LogP contribution in [-0.2, 0) is 14.8 Å². The van der Waals surface area contributed by atoms with E-state index in [0.717, 1.165) is 22.4 Å². The maximum Gasteiger partial charge on any atom is 0.264 e. The normalized spacial score (nSPS) is 12.1. The van der Waals surface area contributed by atoms with Crippen molar-refractivity contribution < 1.29 is 17.9 Å². The Morgan fingerprint density at radius 1 is 1.00 bits per heavy atom. The summed E-state index contributed by atoms with van der Waals surface area (Å²) in [6, 6.07) is 20.7. The Morgan fingerprint density at radius 2 is 1.66 bits per heavy atom. The van der Waals surface area contributed by atoms with Gasteiger partial charge in [-0.15, -0.1) is 0 Å². The van der Waals surface area contributed by atoms with Crippen molar-refractivity contribution in [1.82, 2.24) is 5.32 Å². The molecule has 0 bridgehead atoms. The van der Waals surface area contributed by atoms with E-state index in [1.807, 2.05) is 57.2 Å². The van der Waals surface area contributed by atoms with Gasteiger partial charge in [-0.3, -0.25) is 9.10 Å². The SMILES string of the molecule is COc1ccc([C@@H](C)NC(=O)CN(c2ccc(C)cc2C)S(=O)(=O)c2ccccc2)cc1. The van der Waals surface area contributed by atoms with Gasteiger partial charge in [-0.05, 0) is 62.2 Å². The summed E-state index contributed by atoms with van der Waals surface area (Å²) < 4.78 is 33.3. The van der Waals surface area contributed by atoms with Crippen molar-refractivity contribution in [2.24, 2.45) is 0 Å². The largest absolute Gasteiger partial charge is 0.497 e. The van der Waals surface area contributed by atoms with E-state index < -0.39 is 15.9 Å². The number of rotatable bonds is 8. The quantitative estimate of drug-likeness (QED) is 0.550. The lowest BCUT2D eigenvalue weighted by Crippen LogP contribution is -2.41. The van der Waals surface area contributed by atoms with Crippen molar-refractivity contribution in [3.8, 4) is 5.75 Å². The molecule has 7 heteroatoms. The van der Waals surface area contributed by atoms with Gasteiger partial charge in [0.25, 0.3) is 10.0 Å². The molecule has 0 spiro atoms. The van der Waals surface area contributed by atoms with E-state index in [4.69, 9.17) is 4.74 Å². The summed E-state index contributed by atoms with van der Waals surface area (Å²) in [5.41, 5.74) is 3.16. The second-order valence-electron chi connectivity index (χ2n) is 7.68. The molecule has 0 unspecified atom stereocenters. The van der Waals surface area contributed by atoms with Crippen molar-refractivity contribution in [2.45, 2.75) is 31.7 Å². The molecular weight excluding hydrogens is 424 g/mol. The van der Waals surface area contributed by atoms with Crippen molar-refractivity contribution in [3.63, 3.8) is 0 Å². The van der Waals surface area contributed by atoms with Crippen LogP contribution in [0.2, 0.25) is 0 Å². The fraction of sp³-hybridized carbons (Fsp3) is 0.240. The summed E-state index contributed by atoms with van der Waals surface area (Å²) in [5, 5.41) is 2.90. The molecule has 0 aliphatic carbocycles. The fourth-order valence-corrected chi connectivity index (χ4v) is 5.00. The van der Waals surface area contributed by atoms with Gasteiger partial charge in [0.05, 0.1) is 23.7 Å². The highest BCUT2D eigenvalue weighted by Gasteiger charge is 2.28. The van der Waals surface area contributed by atoms with Crippen LogP contribution in [-0.4, -0.2) is 28.0 Å². The van der Waals surface area contributed by atoms with Gasteiger partial charge in [0.15, 0.2) is 0 Å². The van der Waals surface area contributed by atoms with Gasteiger partial charge in [-0.25, -0.2) is 8.42 Å². The van der Waals surface area contributed by atoms with E-state index >= 15 is 0 Å². The zero-order chi connectivity index (χ0) is 23.3. The topological polar surface area (TPSA) is 75.7 Å². The van der Waals surface area contributed by atoms with E-state index in [9.17, 15) is 13.2 Å². The fourth-order valence-electron chi connectivity index (χ4n) is 3.50. The van der Waals surface area contributed by atoms with E-state index in [-0.39, 0.29) is 17.5 Å². The molecule has 0 fully saturated rings. The molecule has 0 saturated carbocycles. The minimum atomic E-state index is -3.94. The predicted octanol–water partition coefficient (Wildman–Crippen LogP) is 4.38. The molecule has 0 aliphatic rings. The summed E-state index contributed by atoms with van der Waals surface area (Å²) in [6.45, 7) is 5.30. The summed E-state index contributed by atoms with van der Waals surface area (Å²) in [7, 11) is -2.35. The Morgan fingerprint density at radius 3 is 2.25 bits per heavy atom. The smallest absolute Gasteiger partial charge is 0.264 e. The molecule has 32 heavy (non-hydrogen) atoms. The molecule has 1 N–H and O–H groups in total. The summed E-state index contributed by atoms with van der Waals surface area (Å²) in [4.78, 5) is 13.1. The zero-order valence-corrected chi connectivity index (χ0v) is 19.5. The van der Waals surface area contributed by atoms with Crippen LogP contribution in [0, 0.1) is 13.8 Å². The summed E-state index contributed by atoms with van der Waals surface area (Å²) in [5.74, 6) is 0.329. The molecule has 0 aliphatic heterocycles. The predicted molar refractivity (Wildman–Crippen MR) is 126 cm³/mol. The lowest BCUT2D eigenvalue weighted by atomic mass is 10.1. The van der Waals surface area contributed by atoms with Crippen LogP contribution >= 0.6 is 0 Å². The highest BCUT2D eigenvalue weighted by Crippen LogP contribution is 2.27. The number of hydrogen-bond donors (Lipinski definition) is 1. The number of nitrogens with one attached hydrogen (secondary N) is 1. The van der Waals surface area contributed by atoms with Gasteiger partial charge in [-0.1, -0.05) is 48.0 Å². The minimum absolute atomic E-state index is 0.135. The first-order chi connectivity index (χ1) is 15.2. The first kappa shape index (κ1) is 23.3. The van der Waals surface area contributed by atoms with Crippen LogP contribution in [0.3, 0.4) is 0 Å². The van der Waals surface area contributed by atoms with Crippen LogP contribution in [0.25, 0.3) is 0 Å². The van der Waals surface area contributed by atoms with Gasteiger partial charge >= 0.3 is 0 Å². The third-order valence-corrected chi connectivity index (χ3v) is 7.01. The van der Waals surface area contributed by atoms with Crippen molar-refractivity contribution in [1.29, 1.82) is 0 Å². The van der Waals surface area contributed by atoms with E-state index in [1.54, 1.807) is 31.4 Å². The number of carbonyl (C=O) groups excluding carboxylic acids is 1. The molecule has 3 aromatic rings. The second kappa shape index (κ2) is 9.87. The van der Waals surface area contributed by atoms with Crippen LogP contribution in [0.15, 0.2) is 77.7 Å². The molecule has 1 atom stereocenters. The highest BCUT2D eigenvalue weighted by molar-refractivity contribution is 7.92. The monoisotopic (exact) mass is 452 g/mol. The number of amides is 1. The number of sulfonamides is 1. The Labute approximate surface area is 189 Å². The van der Waals surface area contributed by atoms with Crippen molar-refractivity contribution in [3.05, 3.63) is 89.5 Å². The Hall–Kier alpha value is -3.32. The van der Waals surface area contributed by atoms with Gasteiger partial charge < -0.3 is 10.1 Å².